The van der Waals surface area contributed by atoms with Crippen molar-refractivity contribution in [1.29, 1.82) is 5.26 Å². The molecule has 0 aliphatic carbocycles. The zero-order valence-corrected chi connectivity index (χ0v) is 7.64. The molecule has 0 saturated carbocycles. The minimum atomic E-state index is 0.374. The third kappa shape index (κ3) is 1.00. The van der Waals surface area contributed by atoms with Crippen molar-refractivity contribution in [3.05, 3.63) is 36.3 Å². The van der Waals surface area contributed by atoms with Gasteiger partial charge in [0, 0.05) is 12.4 Å². The summed E-state index contributed by atoms with van der Waals surface area (Å²) in [7, 11) is 0. The van der Waals surface area contributed by atoms with E-state index in [1.54, 1.807) is 18.5 Å². The van der Waals surface area contributed by atoms with Gasteiger partial charge in [-0.1, -0.05) is 0 Å². The van der Waals surface area contributed by atoms with Crippen LogP contribution in [0.15, 0.2) is 35.0 Å². The standard InChI is InChI=1S/C11H5N3O/c12-6-8-10-7-2-1-4-14-11(7)15-9(10)3-5-13-8/h1-5H. The summed E-state index contributed by atoms with van der Waals surface area (Å²) >= 11 is 0. The molecule has 0 spiro atoms. The van der Waals surface area contributed by atoms with Crippen LogP contribution in [0, 0.1) is 11.3 Å². The van der Waals surface area contributed by atoms with Crippen molar-refractivity contribution in [1.82, 2.24) is 9.97 Å². The van der Waals surface area contributed by atoms with Crippen LogP contribution in [0.5, 0.6) is 0 Å². The Morgan fingerprint density at radius 2 is 2.13 bits per heavy atom. The molecule has 4 heteroatoms. The molecule has 0 unspecified atom stereocenters. The summed E-state index contributed by atoms with van der Waals surface area (Å²) in [6.45, 7) is 0. The fraction of sp³-hybridized carbons (Fsp3) is 0. The van der Waals surface area contributed by atoms with Gasteiger partial charge in [-0.15, -0.1) is 0 Å². The van der Waals surface area contributed by atoms with E-state index in [2.05, 4.69) is 9.97 Å². The molecule has 3 heterocycles. The molecular formula is C11H5N3O. The molecule has 0 bridgehead atoms. The SMILES string of the molecule is N#Cc1nccc2oc3ncccc3c12. The number of hydrogen-bond donors (Lipinski definition) is 0. The number of hydrogen-bond acceptors (Lipinski definition) is 4. The van der Waals surface area contributed by atoms with E-state index in [0.29, 0.717) is 17.0 Å². The van der Waals surface area contributed by atoms with Crippen LogP contribution in [0.4, 0.5) is 0 Å². The van der Waals surface area contributed by atoms with Crippen LogP contribution in [0.1, 0.15) is 5.69 Å². The first-order valence-electron chi connectivity index (χ1n) is 4.42. The van der Waals surface area contributed by atoms with Crippen molar-refractivity contribution >= 4 is 22.1 Å². The Morgan fingerprint density at radius 1 is 1.20 bits per heavy atom. The lowest BCUT2D eigenvalue weighted by atomic mass is 10.2. The van der Waals surface area contributed by atoms with Crippen molar-refractivity contribution in [2.24, 2.45) is 0 Å². The molecule has 0 aromatic carbocycles. The van der Waals surface area contributed by atoms with Gasteiger partial charge in [0.1, 0.15) is 11.7 Å². The first kappa shape index (κ1) is 7.94. The van der Waals surface area contributed by atoms with E-state index in [1.165, 1.54) is 0 Å². The van der Waals surface area contributed by atoms with Crippen LogP contribution in [0.2, 0.25) is 0 Å². The lowest BCUT2D eigenvalue weighted by Crippen LogP contribution is -1.81. The van der Waals surface area contributed by atoms with Crippen LogP contribution >= 0.6 is 0 Å². The van der Waals surface area contributed by atoms with Crippen LogP contribution in [0.25, 0.3) is 22.1 Å². The van der Waals surface area contributed by atoms with Gasteiger partial charge in [0.2, 0.25) is 5.71 Å². The van der Waals surface area contributed by atoms with Crippen LogP contribution in [-0.4, -0.2) is 9.97 Å². The molecule has 3 aromatic heterocycles. The van der Waals surface area contributed by atoms with E-state index >= 15 is 0 Å². The van der Waals surface area contributed by atoms with E-state index in [9.17, 15) is 0 Å². The van der Waals surface area contributed by atoms with E-state index in [-0.39, 0.29) is 0 Å². The Bertz CT molecular complexity index is 694. The molecule has 70 valence electrons. The maximum atomic E-state index is 8.94. The van der Waals surface area contributed by atoms with Gasteiger partial charge in [0.25, 0.3) is 0 Å². The molecule has 0 aliphatic rings. The summed E-state index contributed by atoms with van der Waals surface area (Å²) in [5.74, 6) is 0. The average molecular weight is 195 g/mol. The van der Waals surface area contributed by atoms with E-state index in [4.69, 9.17) is 9.68 Å². The van der Waals surface area contributed by atoms with Crippen LogP contribution in [0.3, 0.4) is 0 Å². The maximum Gasteiger partial charge on any atom is 0.227 e. The lowest BCUT2D eigenvalue weighted by molar-refractivity contribution is 0.653. The molecule has 0 aliphatic heterocycles. The van der Waals surface area contributed by atoms with Crippen molar-refractivity contribution in [3.63, 3.8) is 0 Å². The molecule has 3 rings (SSSR count). The molecule has 0 fully saturated rings. The highest BCUT2D eigenvalue weighted by Crippen LogP contribution is 2.28. The van der Waals surface area contributed by atoms with Gasteiger partial charge in [-0.2, -0.15) is 5.26 Å². The van der Waals surface area contributed by atoms with Gasteiger partial charge >= 0.3 is 0 Å². The van der Waals surface area contributed by atoms with Crippen LogP contribution < -0.4 is 0 Å². The highest BCUT2D eigenvalue weighted by atomic mass is 16.3. The lowest BCUT2D eigenvalue weighted by Gasteiger charge is -1.89. The Hall–Kier alpha value is -2.41. The number of pyridine rings is 2. The first-order valence-corrected chi connectivity index (χ1v) is 4.42. The second-order valence-electron chi connectivity index (χ2n) is 3.10. The Balaban J connectivity index is 2.64. The second kappa shape index (κ2) is 2.79. The zero-order chi connectivity index (χ0) is 10.3. The highest BCUT2D eigenvalue weighted by molar-refractivity contribution is 6.05. The van der Waals surface area contributed by atoms with Crippen molar-refractivity contribution in [2.75, 3.05) is 0 Å². The first-order chi connectivity index (χ1) is 7.40. The topological polar surface area (TPSA) is 62.7 Å². The molecule has 3 aromatic rings. The Morgan fingerprint density at radius 3 is 3.00 bits per heavy atom. The van der Waals surface area contributed by atoms with Crippen molar-refractivity contribution in [2.45, 2.75) is 0 Å². The van der Waals surface area contributed by atoms with Crippen LogP contribution in [-0.2, 0) is 0 Å². The predicted octanol–water partition coefficient (Wildman–Crippen LogP) is 2.25. The quantitative estimate of drug-likeness (QED) is 0.551. The van der Waals surface area contributed by atoms with E-state index < -0.39 is 0 Å². The number of fused-ring (bicyclic) bond motifs is 3. The number of rotatable bonds is 0. The number of aromatic nitrogens is 2. The average Bonchev–Trinajstić information content (AvgIpc) is 2.67. The Labute approximate surface area is 84.8 Å². The molecule has 0 radical (unpaired) electrons. The molecule has 0 saturated heterocycles. The number of nitriles is 1. The minimum Gasteiger partial charge on any atom is -0.438 e. The number of furan rings is 1. The van der Waals surface area contributed by atoms with Crippen molar-refractivity contribution < 1.29 is 4.42 Å². The third-order valence-electron chi connectivity index (χ3n) is 2.27. The van der Waals surface area contributed by atoms with E-state index in [1.807, 2.05) is 18.2 Å². The van der Waals surface area contributed by atoms with Gasteiger partial charge < -0.3 is 4.42 Å². The molecule has 15 heavy (non-hydrogen) atoms. The smallest absolute Gasteiger partial charge is 0.227 e. The predicted molar refractivity (Wildman–Crippen MR) is 54.0 cm³/mol. The highest BCUT2D eigenvalue weighted by Gasteiger charge is 2.11. The number of nitrogens with zero attached hydrogens (tertiary/aromatic N) is 3. The monoisotopic (exact) mass is 195 g/mol. The molecule has 0 atom stereocenters. The fourth-order valence-corrected chi connectivity index (χ4v) is 1.64. The molecule has 0 amide bonds. The second-order valence-corrected chi connectivity index (χ2v) is 3.10. The van der Waals surface area contributed by atoms with Gasteiger partial charge in [-0.25, -0.2) is 9.97 Å². The van der Waals surface area contributed by atoms with Gasteiger partial charge in [0.15, 0.2) is 5.69 Å². The summed E-state index contributed by atoms with van der Waals surface area (Å²) in [5.41, 5.74) is 1.56. The summed E-state index contributed by atoms with van der Waals surface area (Å²) in [5, 5.41) is 10.5. The van der Waals surface area contributed by atoms with Gasteiger partial charge in [-0.05, 0) is 18.2 Å². The summed E-state index contributed by atoms with van der Waals surface area (Å²) in [4.78, 5) is 8.09. The fourth-order valence-electron chi connectivity index (χ4n) is 1.64. The summed E-state index contributed by atoms with van der Waals surface area (Å²) in [6.07, 6.45) is 3.22. The van der Waals surface area contributed by atoms with Gasteiger partial charge in [0.05, 0.1) is 10.8 Å². The summed E-state index contributed by atoms with van der Waals surface area (Å²) in [6, 6.07) is 7.47. The third-order valence-corrected chi connectivity index (χ3v) is 2.27. The van der Waals surface area contributed by atoms with Gasteiger partial charge in [-0.3, -0.25) is 0 Å². The molecule has 4 nitrogen and oxygen atoms in total. The summed E-state index contributed by atoms with van der Waals surface area (Å²) < 4.78 is 5.49. The minimum absolute atomic E-state index is 0.374. The molecular weight excluding hydrogens is 190 g/mol. The van der Waals surface area contributed by atoms with Crippen molar-refractivity contribution in [3.8, 4) is 6.07 Å². The maximum absolute atomic E-state index is 8.94. The molecule has 0 N–H and O–H groups in total. The Kier molecular flexibility index (Phi) is 1.48. The zero-order valence-electron chi connectivity index (χ0n) is 7.64. The normalized spacial score (nSPS) is 10.6. The van der Waals surface area contributed by atoms with E-state index in [0.717, 1.165) is 10.8 Å². The largest absolute Gasteiger partial charge is 0.438 e.